The van der Waals surface area contributed by atoms with Gasteiger partial charge in [0.2, 0.25) is 0 Å². The fourth-order valence-electron chi connectivity index (χ4n) is 4.94. The van der Waals surface area contributed by atoms with Crippen molar-refractivity contribution in [1.82, 2.24) is 0 Å². The molecule has 6 nitrogen and oxygen atoms in total. The van der Waals surface area contributed by atoms with Gasteiger partial charge in [0.15, 0.2) is 6.10 Å². The Labute approximate surface area is 265 Å². The summed E-state index contributed by atoms with van der Waals surface area (Å²) in [4.78, 5) is 36.7. The SMILES string of the molecule is CCCCCCCC=CCCCCCC(=O)OCC(COC(=O)CCCCCCCCCCCCC)OC(=O)CCCC. The standard InChI is InChI=1S/C37H68O6/c1-4-7-10-12-14-16-18-20-22-24-26-28-31-36(39)42-33-34(43-37(40)29-9-6-3)32-41-35(38)30-27-25-23-21-19-17-15-13-11-8-5-2/h18,20,34H,4-17,19,21-33H2,1-3H3. The number of esters is 3. The first-order valence-corrected chi connectivity index (χ1v) is 18.2. The molecule has 0 aliphatic heterocycles. The second-order valence-corrected chi connectivity index (χ2v) is 12.1. The molecule has 0 radical (unpaired) electrons. The Morgan fingerprint density at radius 2 is 0.791 bits per heavy atom. The lowest BCUT2D eigenvalue weighted by molar-refractivity contribution is -0.167. The van der Waals surface area contributed by atoms with Crippen molar-refractivity contribution in [2.45, 2.75) is 194 Å². The molecule has 0 spiro atoms. The van der Waals surface area contributed by atoms with Gasteiger partial charge in [0.05, 0.1) is 0 Å². The summed E-state index contributed by atoms with van der Waals surface area (Å²) in [7, 11) is 0. The van der Waals surface area contributed by atoms with Crippen molar-refractivity contribution in [3.05, 3.63) is 12.2 Å². The van der Waals surface area contributed by atoms with Crippen LogP contribution in [0.2, 0.25) is 0 Å². The summed E-state index contributed by atoms with van der Waals surface area (Å²) >= 11 is 0. The van der Waals surface area contributed by atoms with E-state index in [-0.39, 0.29) is 31.1 Å². The molecule has 0 N–H and O–H groups in total. The molecule has 0 aromatic carbocycles. The van der Waals surface area contributed by atoms with Crippen LogP contribution >= 0.6 is 0 Å². The van der Waals surface area contributed by atoms with Crippen molar-refractivity contribution in [3.63, 3.8) is 0 Å². The summed E-state index contributed by atoms with van der Waals surface area (Å²) in [6, 6.07) is 0. The Morgan fingerprint density at radius 3 is 1.23 bits per heavy atom. The minimum atomic E-state index is -0.762. The van der Waals surface area contributed by atoms with Gasteiger partial charge in [0, 0.05) is 19.3 Å². The van der Waals surface area contributed by atoms with E-state index in [2.05, 4.69) is 26.0 Å². The van der Waals surface area contributed by atoms with Gasteiger partial charge in [-0.15, -0.1) is 0 Å². The Morgan fingerprint density at radius 1 is 0.442 bits per heavy atom. The van der Waals surface area contributed by atoms with Crippen LogP contribution in [0.1, 0.15) is 188 Å². The fraction of sp³-hybridized carbons (Fsp3) is 0.865. The molecule has 0 rings (SSSR count). The summed E-state index contributed by atoms with van der Waals surface area (Å²) in [5, 5.41) is 0. The van der Waals surface area contributed by atoms with E-state index in [4.69, 9.17) is 14.2 Å². The molecule has 0 aliphatic rings. The number of carbonyl (C=O) groups is 3. The molecule has 1 unspecified atom stereocenters. The van der Waals surface area contributed by atoms with Crippen LogP contribution in [0.4, 0.5) is 0 Å². The molecule has 0 aliphatic carbocycles. The molecule has 1 atom stereocenters. The number of unbranched alkanes of at least 4 members (excludes halogenated alkanes) is 19. The number of ether oxygens (including phenoxy) is 3. The second kappa shape index (κ2) is 33.1. The van der Waals surface area contributed by atoms with E-state index in [0.29, 0.717) is 19.3 Å². The third kappa shape index (κ3) is 31.4. The van der Waals surface area contributed by atoms with E-state index in [9.17, 15) is 14.4 Å². The average Bonchev–Trinajstić information content (AvgIpc) is 3.00. The van der Waals surface area contributed by atoms with Crippen molar-refractivity contribution in [2.24, 2.45) is 0 Å². The highest BCUT2D eigenvalue weighted by Gasteiger charge is 2.19. The molecular weight excluding hydrogens is 540 g/mol. The maximum absolute atomic E-state index is 12.3. The molecule has 0 amide bonds. The summed E-state index contributed by atoms with van der Waals surface area (Å²) in [6.45, 7) is 6.34. The van der Waals surface area contributed by atoms with Crippen LogP contribution in [0.3, 0.4) is 0 Å². The number of hydrogen-bond acceptors (Lipinski definition) is 6. The predicted octanol–water partition coefficient (Wildman–Crippen LogP) is 10.7. The molecule has 0 saturated carbocycles. The summed E-state index contributed by atoms with van der Waals surface area (Å²) in [6.07, 6.45) is 31.5. The van der Waals surface area contributed by atoms with Crippen LogP contribution in [0.25, 0.3) is 0 Å². The van der Waals surface area contributed by atoms with E-state index < -0.39 is 6.10 Å². The molecular formula is C37H68O6. The maximum atomic E-state index is 12.3. The van der Waals surface area contributed by atoms with Crippen molar-refractivity contribution < 1.29 is 28.6 Å². The highest BCUT2D eigenvalue weighted by atomic mass is 16.6. The smallest absolute Gasteiger partial charge is 0.306 e. The minimum Gasteiger partial charge on any atom is -0.462 e. The van der Waals surface area contributed by atoms with Gasteiger partial charge in [0.1, 0.15) is 13.2 Å². The minimum absolute atomic E-state index is 0.0764. The van der Waals surface area contributed by atoms with E-state index in [1.807, 2.05) is 6.92 Å². The van der Waals surface area contributed by atoms with Crippen molar-refractivity contribution in [1.29, 1.82) is 0 Å². The van der Waals surface area contributed by atoms with E-state index in [1.54, 1.807) is 0 Å². The van der Waals surface area contributed by atoms with Crippen LogP contribution in [0, 0.1) is 0 Å². The highest BCUT2D eigenvalue weighted by Crippen LogP contribution is 2.13. The number of rotatable bonds is 32. The van der Waals surface area contributed by atoms with E-state index >= 15 is 0 Å². The van der Waals surface area contributed by atoms with Gasteiger partial charge in [-0.1, -0.05) is 136 Å². The zero-order valence-electron chi connectivity index (χ0n) is 28.5. The topological polar surface area (TPSA) is 78.9 Å². The lowest BCUT2D eigenvalue weighted by Gasteiger charge is -2.18. The molecule has 0 saturated heterocycles. The van der Waals surface area contributed by atoms with Gasteiger partial charge in [-0.2, -0.15) is 0 Å². The number of hydrogen-bond donors (Lipinski definition) is 0. The number of allylic oxidation sites excluding steroid dienone is 2. The molecule has 0 fully saturated rings. The van der Waals surface area contributed by atoms with E-state index in [0.717, 1.165) is 64.2 Å². The van der Waals surface area contributed by atoms with Gasteiger partial charge in [-0.3, -0.25) is 14.4 Å². The third-order valence-electron chi connectivity index (χ3n) is 7.77. The summed E-state index contributed by atoms with van der Waals surface area (Å²) in [5.74, 6) is -0.940. The number of carbonyl (C=O) groups excluding carboxylic acids is 3. The zero-order valence-corrected chi connectivity index (χ0v) is 28.5. The summed E-state index contributed by atoms with van der Waals surface area (Å²) < 4.78 is 16.3. The Balaban J connectivity index is 4.09. The van der Waals surface area contributed by atoms with Crippen LogP contribution in [0.15, 0.2) is 12.2 Å². The molecule has 0 heterocycles. The van der Waals surface area contributed by atoms with Gasteiger partial charge >= 0.3 is 17.9 Å². The first kappa shape index (κ1) is 41.1. The fourth-order valence-corrected chi connectivity index (χ4v) is 4.94. The van der Waals surface area contributed by atoms with Crippen LogP contribution in [-0.4, -0.2) is 37.2 Å². The quantitative estimate of drug-likeness (QED) is 0.0327. The van der Waals surface area contributed by atoms with Crippen molar-refractivity contribution >= 4 is 17.9 Å². The average molecular weight is 609 g/mol. The largest absolute Gasteiger partial charge is 0.462 e. The molecule has 0 bridgehead atoms. The van der Waals surface area contributed by atoms with Crippen molar-refractivity contribution in [3.8, 4) is 0 Å². The molecule has 0 aromatic rings. The molecule has 6 heteroatoms. The lowest BCUT2D eigenvalue weighted by atomic mass is 10.1. The van der Waals surface area contributed by atoms with Gasteiger partial charge in [-0.25, -0.2) is 0 Å². The van der Waals surface area contributed by atoms with E-state index in [1.165, 1.54) is 83.5 Å². The second-order valence-electron chi connectivity index (χ2n) is 12.1. The predicted molar refractivity (Wildman–Crippen MR) is 178 cm³/mol. The highest BCUT2D eigenvalue weighted by molar-refractivity contribution is 5.71. The molecule has 43 heavy (non-hydrogen) atoms. The first-order chi connectivity index (χ1) is 21.0. The van der Waals surface area contributed by atoms with Gasteiger partial charge < -0.3 is 14.2 Å². The summed E-state index contributed by atoms with van der Waals surface area (Å²) in [5.41, 5.74) is 0. The first-order valence-electron chi connectivity index (χ1n) is 18.2. The Kier molecular flexibility index (Phi) is 31.6. The third-order valence-corrected chi connectivity index (χ3v) is 7.77. The molecule has 252 valence electrons. The van der Waals surface area contributed by atoms with Gasteiger partial charge in [-0.05, 0) is 44.9 Å². The van der Waals surface area contributed by atoms with Crippen molar-refractivity contribution in [2.75, 3.05) is 13.2 Å². The van der Waals surface area contributed by atoms with Crippen LogP contribution in [-0.2, 0) is 28.6 Å². The van der Waals surface area contributed by atoms with Crippen LogP contribution in [0.5, 0.6) is 0 Å². The Hall–Kier alpha value is -1.85. The zero-order chi connectivity index (χ0) is 31.6. The normalized spacial score (nSPS) is 12.0. The van der Waals surface area contributed by atoms with Crippen LogP contribution < -0.4 is 0 Å². The van der Waals surface area contributed by atoms with Gasteiger partial charge in [0.25, 0.3) is 0 Å². The Bertz CT molecular complexity index is 674. The molecule has 0 aromatic heterocycles. The maximum Gasteiger partial charge on any atom is 0.306 e. The monoisotopic (exact) mass is 609 g/mol. The lowest BCUT2D eigenvalue weighted by Crippen LogP contribution is -2.30.